The molecule has 10 nitrogen and oxygen atoms in total. The Balaban J connectivity index is 1.30. The van der Waals surface area contributed by atoms with Gasteiger partial charge in [0.25, 0.3) is 5.91 Å². The third-order valence-corrected chi connectivity index (χ3v) is 5.18. The van der Waals surface area contributed by atoms with Crippen LogP contribution >= 0.6 is 23.2 Å². The van der Waals surface area contributed by atoms with Gasteiger partial charge in [0, 0.05) is 16.9 Å². The highest BCUT2D eigenvalue weighted by molar-refractivity contribution is 6.39. The third kappa shape index (κ3) is 5.86. The van der Waals surface area contributed by atoms with Gasteiger partial charge < -0.3 is 15.1 Å². The lowest BCUT2D eigenvalue weighted by Crippen LogP contribution is -2.34. The second kappa shape index (κ2) is 10.4. The average molecular weight is 513 g/mol. The van der Waals surface area contributed by atoms with E-state index in [4.69, 9.17) is 27.6 Å². The van der Waals surface area contributed by atoms with E-state index in [2.05, 4.69) is 26.1 Å². The molecular weight excluding hydrogens is 495 g/mol. The first-order valence-electron chi connectivity index (χ1n) is 10.2. The van der Waals surface area contributed by atoms with Crippen molar-refractivity contribution < 1.29 is 18.8 Å². The van der Waals surface area contributed by atoms with Crippen molar-refractivity contribution >= 4 is 58.5 Å². The highest BCUT2D eigenvalue weighted by atomic mass is 35.5. The van der Waals surface area contributed by atoms with Gasteiger partial charge in [0.15, 0.2) is 0 Å². The zero-order valence-electron chi connectivity index (χ0n) is 18.2. The minimum absolute atomic E-state index is 0.0240. The molecule has 3 N–H and O–H groups in total. The molecule has 0 spiro atoms. The molecule has 4 rings (SSSR count). The molecule has 3 heterocycles. The van der Waals surface area contributed by atoms with Crippen LogP contribution in [0.15, 0.2) is 64.2 Å². The fourth-order valence-corrected chi connectivity index (χ4v) is 3.53. The molecule has 0 bridgehead atoms. The zero-order chi connectivity index (χ0) is 24.9. The smallest absolute Gasteiger partial charge is 0.313 e. The summed E-state index contributed by atoms with van der Waals surface area (Å²) in [5, 5.41) is 9.71. The maximum atomic E-state index is 12.6. The van der Waals surface area contributed by atoms with Gasteiger partial charge in [0.05, 0.1) is 23.5 Å². The summed E-state index contributed by atoms with van der Waals surface area (Å²) in [5.41, 5.74) is 4.23. The topological polar surface area (TPSA) is 130 Å². The van der Waals surface area contributed by atoms with Crippen LogP contribution in [0.5, 0.6) is 0 Å². The van der Waals surface area contributed by atoms with E-state index in [0.717, 1.165) is 0 Å². The van der Waals surface area contributed by atoms with E-state index in [1.54, 1.807) is 60.0 Å². The number of carbonyl (C=O) groups excluding carboxylic acids is 3. The summed E-state index contributed by atoms with van der Waals surface area (Å²) in [6.07, 6.45) is 2.90. The number of anilines is 1. The SMILES string of the molecule is Cc1nc2ccc(Cl)cn2c1C(=O)N/N=C/c1ccc(CNC(=O)C(=O)Nc2cccc(Cl)c2)o1. The normalized spacial score (nSPS) is 11.1. The Kier molecular flexibility index (Phi) is 7.14. The van der Waals surface area contributed by atoms with Crippen LogP contribution in [0.25, 0.3) is 5.65 Å². The molecule has 4 aromatic rings. The number of furan rings is 1. The fraction of sp³-hybridized carbons (Fsp3) is 0.0870. The van der Waals surface area contributed by atoms with E-state index in [9.17, 15) is 14.4 Å². The predicted octanol–water partition coefficient (Wildman–Crippen LogP) is 3.56. The minimum atomic E-state index is -0.840. The van der Waals surface area contributed by atoms with Crippen LogP contribution in [-0.2, 0) is 16.1 Å². The number of nitrogens with zero attached hydrogens (tertiary/aromatic N) is 3. The first-order valence-corrected chi connectivity index (χ1v) is 11.0. The zero-order valence-corrected chi connectivity index (χ0v) is 19.7. The number of fused-ring (bicyclic) bond motifs is 1. The van der Waals surface area contributed by atoms with E-state index in [-0.39, 0.29) is 6.54 Å². The number of hydrazone groups is 1. The van der Waals surface area contributed by atoms with Crippen LogP contribution < -0.4 is 16.1 Å². The number of benzene rings is 1. The Labute approximate surface area is 208 Å². The summed E-state index contributed by atoms with van der Waals surface area (Å²) in [6.45, 7) is 1.69. The molecule has 0 saturated heterocycles. The van der Waals surface area contributed by atoms with Crippen molar-refractivity contribution in [1.82, 2.24) is 20.1 Å². The lowest BCUT2D eigenvalue weighted by molar-refractivity contribution is -0.136. The molecule has 0 saturated carbocycles. The summed E-state index contributed by atoms with van der Waals surface area (Å²) in [7, 11) is 0. The Bertz CT molecular complexity index is 1460. The molecule has 0 aliphatic carbocycles. The van der Waals surface area contributed by atoms with Gasteiger partial charge in [-0.15, -0.1) is 0 Å². The molecule has 0 fully saturated rings. The highest BCUT2D eigenvalue weighted by Crippen LogP contribution is 2.17. The number of aryl methyl sites for hydroxylation is 1. The highest BCUT2D eigenvalue weighted by Gasteiger charge is 2.17. The number of carbonyl (C=O) groups is 3. The van der Waals surface area contributed by atoms with Crippen molar-refractivity contribution in [2.75, 3.05) is 5.32 Å². The van der Waals surface area contributed by atoms with Gasteiger partial charge in [0.2, 0.25) is 0 Å². The van der Waals surface area contributed by atoms with Crippen molar-refractivity contribution in [1.29, 1.82) is 0 Å². The van der Waals surface area contributed by atoms with E-state index in [1.807, 2.05) is 0 Å². The van der Waals surface area contributed by atoms with E-state index in [0.29, 0.717) is 44.3 Å². The van der Waals surface area contributed by atoms with Gasteiger partial charge in [-0.2, -0.15) is 5.10 Å². The Morgan fingerprint density at radius 1 is 1.09 bits per heavy atom. The number of hydrogen-bond acceptors (Lipinski definition) is 6. The molecule has 0 atom stereocenters. The van der Waals surface area contributed by atoms with Crippen LogP contribution in [0.4, 0.5) is 5.69 Å². The minimum Gasteiger partial charge on any atom is -0.458 e. The molecule has 12 heteroatoms. The molecule has 0 unspecified atom stereocenters. The van der Waals surface area contributed by atoms with Gasteiger partial charge in [-0.3, -0.25) is 18.8 Å². The van der Waals surface area contributed by atoms with Crippen LogP contribution in [0, 0.1) is 6.92 Å². The molecule has 35 heavy (non-hydrogen) atoms. The molecule has 178 valence electrons. The van der Waals surface area contributed by atoms with Crippen molar-refractivity contribution in [2.24, 2.45) is 5.10 Å². The van der Waals surface area contributed by atoms with Gasteiger partial charge >= 0.3 is 11.8 Å². The van der Waals surface area contributed by atoms with Gasteiger partial charge in [0.1, 0.15) is 22.9 Å². The van der Waals surface area contributed by atoms with Crippen LogP contribution in [0.1, 0.15) is 27.7 Å². The second-order valence-electron chi connectivity index (χ2n) is 7.27. The summed E-state index contributed by atoms with van der Waals surface area (Å²) >= 11 is 11.9. The lowest BCUT2D eigenvalue weighted by Gasteiger charge is -2.05. The second-order valence-corrected chi connectivity index (χ2v) is 8.14. The van der Waals surface area contributed by atoms with Crippen LogP contribution in [-0.4, -0.2) is 33.3 Å². The van der Waals surface area contributed by atoms with Crippen LogP contribution in [0.3, 0.4) is 0 Å². The molecule has 0 aliphatic rings. The fourth-order valence-electron chi connectivity index (χ4n) is 3.18. The van der Waals surface area contributed by atoms with Gasteiger partial charge in [-0.25, -0.2) is 10.4 Å². The number of hydrogen-bond donors (Lipinski definition) is 3. The summed E-state index contributed by atoms with van der Waals surface area (Å²) in [6, 6.07) is 13.0. The number of pyridine rings is 1. The monoisotopic (exact) mass is 512 g/mol. The molecule has 1 aromatic carbocycles. The quantitative estimate of drug-likeness (QED) is 0.206. The maximum Gasteiger partial charge on any atom is 0.313 e. The largest absolute Gasteiger partial charge is 0.458 e. The standard InChI is InChI=1S/C23H18Cl2N6O4/c1-13-20(31-12-15(25)5-8-19(31)28-13)21(32)30-27-11-18-7-6-17(35-18)10-26-22(33)23(34)29-16-4-2-3-14(24)9-16/h2-9,11-12H,10H2,1H3,(H,26,33)(H,29,34)(H,30,32)/b27-11+. The third-order valence-electron chi connectivity index (χ3n) is 4.72. The van der Waals surface area contributed by atoms with Gasteiger partial charge in [-0.05, 0) is 49.4 Å². The average Bonchev–Trinajstić information content (AvgIpc) is 3.40. The maximum absolute atomic E-state index is 12.6. The van der Waals surface area contributed by atoms with Gasteiger partial charge in [-0.1, -0.05) is 29.3 Å². The Morgan fingerprint density at radius 2 is 1.91 bits per heavy atom. The first-order chi connectivity index (χ1) is 16.8. The molecule has 0 radical (unpaired) electrons. The van der Waals surface area contributed by atoms with Crippen LogP contribution in [0.2, 0.25) is 10.0 Å². The number of rotatable bonds is 6. The number of nitrogens with one attached hydrogen (secondary N) is 3. The predicted molar refractivity (Wildman–Crippen MR) is 131 cm³/mol. The van der Waals surface area contributed by atoms with Crippen molar-refractivity contribution in [3.63, 3.8) is 0 Å². The number of aromatic nitrogens is 2. The van der Waals surface area contributed by atoms with E-state index >= 15 is 0 Å². The molecule has 3 aromatic heterocycles. The molecule has 3 amide bonds. The first kappa shape index (κ1) is 24.0. The Hall–Kier alpha value is -4.15. The molecule has 0 aliphatic heterocycles. The van der Waals surface area contributed by atoms with E-state index < -0.39 is 17.7 Å². The summed E-state index contributed by atoms with van der Waals surface area (Å²) in [4.78, 5) is 40.9. The number of halogens is 2. The van der Waals surface area contributed by atoms with E-state index in [1.165, 1.54) is 12.3 Å². The summed E-state index contributed by atoms with van der Waals surface area (Å²) in [5.74, 6) is -1.44. The number of imidazole rings is 1. The lowest BCUT2D eigenvalue weighted by atomic mass is 10.3. The Morgan fingerprint density at radius 3 is 2.71 bits per heavy atom. The van der Waals surface area contributed by atoms with Crippen molar-refractivity contribution in [3.8, 4) is 0 Å². The van der Waals surface area contributed by atoms with Crippen molar-refractivity contribution in [2.45, 2.75) is 13.5 Å². The molecular formula is C23H18Cl2N6O4. The number of amides is 3. The summed E-state index contributed by atoms with van der Waals surface area (Å²) < 4.78 is 7.11. The van der Waals surface area contributed by atoms with Crippen molar-refractivity contribution in [3.05, 3.63) is 87.7 Å².